The van der Waals surface area contributed by atoms with Crippen LogP contribution in [-0.2, 0) is 11.2 Å². The minimum atomic E-state index is -0.0107. The summed E-state index contributed by atoms with van der Waals surface area (Å²) in [5.74, 6) is 2.21. The van der Waals surface area contributed by atoms with Crippen LogP contribution in [0.3, 0.4) is 0 Å². The Morgan fingerprint density at radius 2 is 1.59 bits per heavy atom. The van der Waals surface area contributed by atoms with Gasteiger partial charge in [-0.3, -0.25) is 9.59 Å². The minimum Gasteiger partial charge on any atom is -0.497 e. The molecular formula is C25H32N2O5. The number of amides is 2. The van der Waals surface area contributed by atoms with Crippen LogP contribution in [0.5, 0.6) is 17.2 Å². The van der Waals surface area contributed by atoms with E-state index < -0.39 is 0 Å². The van der Waals surface area contributed by atoms with E-state index in [-0.39, 0.29) is 11.8 Å². The standard InChI is InChI=1S/C25H32N2O5/c1-4-32-22-12-6-19(18-23(22)31-3)7-13-24(28)26-14-5-15-27(17-16-26)25(29)20-8-10-21(30-2)11-9-20/h6,8-12,18H,4-5,7,13-17H2,1-3H3. The van der Waals surface area contributed by atoms with E-state index in [1.165, 1.54) is 0 Å². The predicted octanol–water partition coefficient (Wildman–Crippen LogP) is 3.41. The smallest absolute Gasteiger partial charge is 0.253 e. The molecule has 1 saturated heterocycles. The van der Waals surface area contributed by atoms with Gasteiger partial charge in [0.15, 0.2) is 11.5 Å². The Morgan fingerprint density at radius 3 is 2.28 bits per heavy atom. The number of nitrogens with zero attached hydrogens (tertiary/aromatic N) is 2. The highest BCUT2D eigenvalue weighted by molar-refractivity contribution is 5.94. The molecule has 3 rings (SSSR count). The van der Waals surface area contributed by atoms with Crippen LogP contribution in [0.15, 0.2) is 42.5 Å². The molecule has 2 aromatic rings. The SMILES string of the molecule is CCOc1ccc(CCC(=O)N2CCCN(C(=O)c3ccc(OC)cc3)CC2)cc1OC. The number of methoxy groups -OCH3 is 2. The molecule has 172 valence electrons. The summed E-state index contributed by atoms with van der Waals surface area (Å²) in [4.78, 5) is 29.3. The van der Waals surface area contributed by atoms with Gasteiger partial charge in [0, 0.05) is 38.2 Å². The average Bonchev–Trinajstić information content (AvgIpc) is 3.09. The Kier molecular flexibility index (Phi) is 8.36. The molecule has 2 aromatic carbocycles. The first-order chi connectivity index (χ1) is 15.5. The van der Waals surface area contributed by atoms with E-state index in [1.54, 1.807) is 38.5 Å². The van der Waals surface area contributed by atoms with Crippen molar-refractivity contribution in [2.45, 2.75) is 26.2 Å². The maximum atomic E-state index is 12.8. The van der Waals surface area contributed by atoms with E-state index >= 15 is 0 Å². The van der Waals surface area contributed by atoms with Crippen molar-refractivity contribution >= 4 is 11.8 Å². The van der Waals surface area contributed by atoms with Crippen molar-refractivity contribution in [2.24, 2.45) is 0 Å². The summed E-state index contributed by atoms with van der Waals surface area (Å²) in [7, 11) is 3.21. The third kappa shape index (κ3) is 5.93. The number of hydrogen-bond acceptors (Lipinski definition) is 5. The first-order valence-electron chi connectivity index (χ1n) is 11.1. The molecule has 7 nitrogen and oxygen atoms in total. The molecule has 0 N–H and O–H groups in total. The van der Waals surface area contributed by atoms with Crippen LogP contribution in [0.1, 0.15) is 35.7 Å². The van der Waals surface area contributed by atoms with Crippen molar-refractivity contribution in [3.05, 3.63) is 53.6 Å². The number of carbonyl (C=O) groups is 2. The van der Waals surface area contributed by atoms with E-state index in [0.29, 0.717) is 62.7 Å². The van der Waals surface area contributed by atoms with Crippen LogP contribution < -0.4 is 14.2 Å². The minimum absolute atomic E-state index is 0.0107. The molecule has 0 saturated carbocycles. The van der Waals surface area contributed by atoms with E-state index in [2.05, 4.69) is 0 Å². The Morgan fingerprint density at radius 1 is 0.875 bits per heavy atom. The molecule has 0 aromatic heterocycles. The number of ether oxygens (including phenoxy) is 3. The topological polar surface area (TPSA) is 68.3 Å². The molecule has 1 heterocycles. The van der Waals surface area contributed by atoms with Gasteiger partial charge in [-0.25, -0.2) is 0 Å². The lowest BCUT2D eigenvalue weighted by Crippen LogP contribution is -2.37. The van der Waals surface area contributed by atoms with Gasteiger partial charge in [-0.15, -0.1) is 0 Å². The summed E-state index contributed by atoms with van der Waals surface area (Å²) >= 11 is 0. The van der Waals surface area contributed by atoms with Crippen molar-refractivity contribution in [1.82, 2.24) is 9.80 Å². The highest BCUT2D eigenvalue weighted by atomic mass is 16.5. The number of rotatable bonds is 8. The van der Waals surface area contributed by atoms with Crippen molar-refractivity contribution in [3.63, 3.8) is 0 Å². The average molecular weight is 441 g/mol. The summed E-state index contributed by atoms with van der Waals surface area (Å²) in [5.41, 5.74) is 1.67. The summed E-state index contributed by atoms with van der Waals surface area (Å²) in [6.07, 6.45) is 1.82. The zero-order valence-corrected chi connectivity index (χ0v) is 19.1. The maximum Gasteiger partial charge on any atom is 0.253 e. The van der Waals surface area contributed by atoms with Crippen molar-refractivity contribution in [1.29, 1.82) is 0 Å². The third-order valence-electron chi connectivity index (χ3n) is 5.63. The Labute approximate surface area is 189 Å². The molecule has 1 aliphatic heterocycles. The third-order valence-corrected chi connectivity index (χ3v) is 5.63. The van der Waals surface area contributed by atoms with Gasteiger partial charge in [-0.05, 0) is 61.7 Å². The second kappa shape index (κ2) is 11.4. The predicted molar refractivity (Wildman–Crippen MR) is 123 cm³/mol. The van der Waals surface area contributed by atoms with E-state index in [0.717, 1.165) is 17.7 Å². The molecule has 32 heavy (non-hydrogen) atoms. The molecule has 0 bridgehead atoms. The zero-order chi connectivity index (χ0) is 22.9. The van der Waals surface area contributed by atoms with Gasteiger partial charge in [-0.1, -0.05) is 6.07 Å². The van der Waals surface area contributed by atoms with Crippen LogP contribution in [0.25, 0.3) is 0 Å². The van der Waals surface area contributed by atoms with Gasteiger partial charge in [0.2, 0.25) is 5.91 Å². The van der Waals surface area contributed by atoms with Crippen LogP contribution in [-0.4, -0.2) is 68.6 Å². The number of hydrogen-bond donors (Lipinski definition) is 0. The van der Waals surface area contributed by atoms with Crippen molar-refractivity contribution in [3.8, 4) is 17.2 Å². The lowest BCUT2D eigenvalue weighted by atomic mass is 10.1. The van der Waals surface area contributed by atoms with Gasteiger partial charge in [-0.2, -0.15) is 0 Å². The first kappa shape index (κ1) is 23.4. The van der Waals surface area contributed by atoms with E-state index in [1.807, 2.05) is 34.9 Å². The maximum absolute atomic E-state index is 12.8. The molecule has 1 aliphatic rings. The Hall–Kier alpha value is -3.22. The van der Waals surface area contributed by atoms with Crippen LogP contribution >= 0.6 is 0 Å². The first-order valence-corrected chi connectivity index (χ1v) is 11.1. The van der Waals surface area contributed by atoms with E-state index in [4.69, 9.17) is 14.2 Å². The Balaban J connectivity index is 1.53. The molecule has 0 radical (unpaired) electrons. The van der Waals surface area contributed by atoms with Crippen molar-refractivity contribution in [2.75, 3.05) is 47.0 Å². The molecule has 2 amide bonds. The number of benzene rings is 2. The lowest BCUT2D eigenvalue weighted by molar-refractivity contribution is -0.131. The summed E-state index contributed by atoms with van der Waals surface area (Å²) in [5, 5.41) is 0. The normalized spacial score (nSPS) is 14.0. The van der Waals surface area contributed by atoms with Crippen LogP contribution in [0, 0.1) is 0 Å². The molecule has 0 unspecified atom stereocenters. The van der Waals surface area contributed by atoms with Crippen LogP contribution in [0.4, 0.5) is 0 Å². The fourth-order valence-electron chi connectivity index (χ4n) is 3.84. The van der Waals surface area contributed by atoms with Gasteiger partial charge in [0.25, 0.3) is 5.91 Å². The monoisotopic (exact) mass is 440 g/mol. The van der Waals surface area contributed by atoms with Gasteiger partial charge >= 0.3 is 0 Å². The largest absolute Gasteiger partial charge is 0.497 e. The molecule has 0 aliphatic carbocycles. The lowest BCUT2D eigenvalue weighted by Gasteiger charge is -2.22. The molecule has 7 heteroatoms. The molecule has 0 spiro atoms. The molecule has 1 fully saturated rings. The quantitative estimate of drug-likeness (QED) is 0.629. The fourth-order valence-corrected chi connectivity index (χ4v) is 3.84. The number of aryl methyl sites for hydroxylation is 1. The summed E-state index contributed by atoms with van der Waals surface area (Å²) in [6, 6.07) is 12.9. The number of carbonyl (C=O) groups excluding carboxylic acids is 2. The van der Waals surface area contributed by atoms with Crippen molar-refractivity contribution < 1.29 is 23.8 Å². The highest BCUT2D eigenvalue weighted by Crippen LogP contribution is 2.28. The Bertz CT molecular complexity index is 913. The van der Waals surface area contributed by atoms with Gasteiger partial charge < -0.3 is 24.0 Å². The summed E-state index contributed by atoms with van der Waals surface area (Å²) < 4.78 is 16.1. The van der Waals surface area contributed by atoms with Gasteiger partial charge in [0.05, 0.1) is 20.8 Å². The molecular weight excluding hydrogens is 408 g/mol. The van der Waals surface area contributed by atoms with Crippen LogP contribution in [0.2, 0.25) is 0 Å². The second-order valence-electron chi connectivity index (χ2n) is 7.67. The zero-order valence-electron chi connectivity index (χ0n) is 19.1. The molecule has 0 atom stereocenters. The second-order valence-corrected chi connectivity index (χ2v) is 7.67. The highest BCUT2D eigenvalue weighted by Gasteiger charge is 2.23. The van der Waals surface area contributed by atoms with E-state index in [9.17, 15) is 9.59 Å². The summed E-state index contributed by atoms with van der Waals surface area (Å²) in [6.45, 7) is 4.89. The van der Waals surface area contributed by atoms with Gasteiger partial charge in [0.1, 0.15) is 5.75 Å². The fraction of sp³-hybridized carbons (Fsp3) is 0.440.